The molecule has 0 atom stereocenters. The maximum Gasteiger partial charge on any atom is 0.417 e. The summed E-state index contributed by atoms with van der Waals surface area (Å²) in [4.78, 5) is 25.3. The summed E-state index contributed by atoms with van der Waals surface area (Å²) in [5.74, 6) is -1.88. The summed E-state index contributed by atoms with van der Waals surface area (Å²) in [6, 6.07) is 9.62. The average molecular weight is 455 g/mol. The molecule has 2 aromatic carbocycles. The Labute approximate surface area is 167 Å². The molecule has 1 aliphatic carbocycles. The Morgan fingerprint density at radius 1 is 0.964 bits per heavy atom. The number of ether oxygens (including phenoxy) is 2. The van der Waals surface area contributed by atoms with Gasteiger partial charge < -0.3 is 9.47 Å². The van der Waals surface area contributed by atoms with Gasteiger partial charge in [0, 0.05) is 4.47 Å². The first-order valence-corrected chi connectivity index (χ1v) is 8.82. The van der Waals surface area contributed by atoms with Gasteiger partial charge >= 0.3 is 18.1 Å². The topological polar surface area (TPSA) is 52.6 Å². The van der Waals surface area contributed by atoms with Gasteiger partial charge in [-0.3, -0.25) is 9.59 Å². The molecule has 3 rings (SSSR count). The maximum atomic E-state index is 13.6. The van der Waals surface area contributed by atoms with Crippen molar-refractivity contribution in [1.82, 2.24) is 0 Å². The van der Waals surface area contributed by atoms with Crippen LogP contribution in [0.2, 0.25) is 0 Å². The molecule has 1 aliphatic rings. The van der Waals surface area contributed by atoms with Gasteiger partial charge in [0.05, 0.1) is 19.8 Å². The van der Waals surface area contributed by atoms with Gasteiger partial charge in [0.2, 0.25) is 5.41 Å². The molecule has 0 aromatic heterocycles. The number of fused-ring (bicyclic) bond motifs is 1. The van der Waals surface area contributed by atoms with Gasteiger partial charge in [-0.05, 0) is 46.5 Å². The summed E-state index contributed by atoms with van der Waals surface area (Å²) in [6.45, 7) is 0. The number of hydrogen-bond acceptors (Lipinski definition) is 4. The number of methoxy groups -OCH3 is 2. The molecular formula is C20H14BrF3O4. The third-order valence-electron chi connectivity index (χ3n) is 4.59. The summed E-state index contributed by atoms with van der Waals surface area (Å²) >= 11 is 3.29. The number of rotatable bonds is 3. The second kappa shape index (κ2) is 7.09. The van der Waals surface area contributed by atoms with Crippen LogP contribution in [0.1, 0.15) is 22.3 Å². The summed E-state index contributed by atoms with van der Waals surface area (Å²) in [6.07, 6.45) is -3.43. The van der Waals surface area contributed by atoms with Crippen LogP contribution in [-0.4, -0.2) is 26.2 Å². The lowest BCUT2D eigenvalue weighted by molar-refractivity contribution is -0.158. The van der Waals surface area contributed by atoms with E-state index in [4.69, 9.17) is 9.47 Å². The number of benzene rings is 2. The molecule has 0 spiro atoms. The molecule has 0 saturated carbocycles. The zero-order valence-electron chi connectivity index (χ0n) is 14.8. The molecule has 146 valence electrons. The monoisotopic (exact) mass is 454 g/mol. The van der Waals surface area contributed by atoms with Crippen LogP contribution < -0.4 is 0 Å². The van der Waals surface area contributed by atoms with Crippen LogP contribution >= 0.6 is 15.9 Å². The minimum Gasteiger partial charge on any atom is -0.468 e. The molecule has 0 aliphatic heterocycles. The van der Waals surface area contributed by atoms with E-state index in [0.29, 0.717) is 10.0 Å². The number of halogens is 4. The Hall–Kier alpha value is -2.61. The average Bonchev–Trinajstić information content (AvgIpc) is 3.01. The fourth-order valence-corrected chi connectivity index (χ4v) is 3.75. The van der Waals surface area contributed by atoms with Gasteiger partial charge in [-0.2, -0.15) is 13.2 Å². The minimum absolute atomic E-state index is 0.0972. The Kier molecular flexibility index (Phi) is 5.10. The van der Waals surface area contributed by atoms with E-state index >= 15 is 0 Å². The molecule has 4 nitrogen and oxygen atoms in total. The van der Waals surface area contributed by atoms with Crippen molar-refractivity contribution in [3.05, 3.63) is 75.3 Å². The van der Waals surface area contributed by atoms with Crippen molar-refractivity contribution in [1.29, 1.82) is 0 Å². The zero-order valence-corrected chi connectivity index (χ0v) is 16.3. The lowest BCUT2D eigenvalue weighted by Gasteiger charge is -2.23. The minimum atomic E-state index is -4.62. The van der Waals surface area contributed by atoms with E-state index in [0.717, 1.165) is 20.3 Å². The number of carbonyl (C=O) groups is 2. The van der Waals surface area contributed by atoms with E-state index < -0.39 is 29.1 Å². The molecule has 0 N–H and O–H groups in total. The highest BCUT2D eigenvalue weighted by Gasteiger charge is 2.54. The quantitative estimate of drug-likeness (QED) is 0.506. The standard InChI is InChI=1S/C20H14BrF3O4/c1-27-17(25)19(18(26)28-2)10-14(13-9-11(21)7-8-15(13)19)12-5-3-4-6-16(12)20(22,23)24/h3-10H,1-2H3. The molecule has 0 unspecified atom stereocenters. The van der Waals surface area contributed by atoms with Crippen molar-refractivity contribution in [3.63, 3.8) is 0 Å². The molecule has 0 heterocycles. The van der Waals surface area contributed by atoms with E-state index in [-0.39, 0.29) is 16.7 Å². The normalized spacial score (nSPS) is 14.9. The Balaban J connectivity index is 2.39. The van der Waals surface area contributed by atoms with Crippen molar-refractivity contribution in [3.8, 4) is 0 Å². The van der Waals surface area contributed by atoms with Gasteiger partial charge in [-0.1, -0.05) is 40.2 Å². The summed E-state index contributed by atoms with van der Waals surface area (Å²) < 4.78 is 50.9. The summed E-state index contributed by atoms with van der Waals surface area (Å²) in [5, 5.41) is 0. The van der Waals surface area contributed by atoms with E-state index in [1.165, 1.54) is 30.3 Å². The molecule has 0 saturated heterocycles. The van der Waals surface area contributed by atoms with Gasteiger partial charge in [0.25, 0.3) is 0 Å². The largest absolute Gasteiger partial charge is 0.468 e. The lowest BCUT2D eigenvalue weighted by Crippen LogP contribution is -2.42. The van der Waals surface area contributed by atoms with E-state index in [2.05, 4.69) is 15.9 Å². The van der Waals surface area contributed by atoms with Crippen LogP contribution in [0.3, 0.4) is 0 Å². The summed E-state index contributed by atoms with van der Waals surface area (Å²) in [7, 11) is 2.20. The van der Waals surface area contributed by atoms with Crippen molar-refractivity contribution >= 4 is 33.4 Å². The van der Waals surface area contributed by atoms with Crippen LogP contribution in [0.25, 0.3) is 5.57 Å². The highest BCUT2D eigenvalue weighted by atomic mass is 79.9. The smallest absolute Gasteiger partial charge is 0.417 e. The highest BCUT2D eigenvalue weighted by Crippen LogP contribution is 2.48. The molecule has 0 radical (unpaired) electrons. The van der Waals surface area contributed by atoms with E-state index in [9.17, 15) is 22.8 Å². The van der Waals surface area contributed by atoms with E-state index in [1.807, 2.05) is 0 Å². The molecule has 8 heteroatoms. The fraction of sp³-hybridized carbons (Fsp3) is 0.200. The third kappa shape index (κ3) is 3.01. The van der Waals surface area contributed by atoms with Gasteiger partial charge in [0.1, 0.15) is 0 Å². The predicted molar refractivity (Wildman–Crippen MR) is 98.4 cm³/mol. The number of alkyl halides is 3. The lowest BCUT2D eigenvalue weighted by atomic mass is 9.82. The first kappa shape index (κ1) is 20.1. The molecular weight excluding hydrogens is 441 g/mol. The van der Waals surface area contributed by atoms with Crippen molar-refractivity contribution in [2.24, 2.45) is 0 Å². The van der Waals surface area contributed by atoms with Crippen molar-refractivity contribution < 1.29 is 32.2 Å². The number of hydrogen-bond donors (Lipinski definition) is 0. The maximum absolute atomic E-state index is 13.6. The Morgan fingerprint density at radius 3 is 2.14 bits per heavy atom. The highest BCUT2D eigenvalue weighted by molar-refractivity contribution is 9.10. The third-order valence-corrected chi connectivity index (χ3v) is 5.09. The molecule has 0 fully saturated rings. The number of carbonyl (C=O) groups excluding carboxylic acids is 2. The Bertz CT molecular complexity index is 979. The molecule has 0 bridgehead atoms. The van der Waals surface area contributed by atoms with Crippen LogP contribution in [0, 0.1) is 0 Å². The van der Waals surface area contributed by atoms with Crippen LogP contribution in [-0.2, 0) is 30.7 Å². The molecule has 2 aromatic rings. The fourth-order valence-electron chi connectivity index (χ4n) is 3.39. The second-order valence-corrected chi connectivity index (χ2v) is 7.00. The summed E-state index contributed by atoms with van der Waals surface area (Å²) in [5.41, 5.74) is -2.42. The van der Waals surface area contributed by atoms with Gasteiger partial charge in [-0.25, -0.2) is 0 Å². The van der Waals surface area contributed by atoms with E-state index in [1.54, 1.807) is 12.1 Å². The molecule has 0 amide bonds. The number of esters is 2. The zero-order chi connectivity index (χ0) is 20.7. The van der Waals surface area contributed by atoms with Crippen molar-refractivity contribution in [2.75, 3.05) is 14.2 Å². The van der Waals surface area contributed by atoms with Crippen LogP contribution in [0.4, 0.5) is 13.2 Å². The van der Waals surface area contributed by atoms with Crippen molar-refractivity contribution in [2.45, 2.75) is 11.6 Å². The van der Waals surface area contributed by atoms with Gasteiger partial charge in [-0.15, -0.1) is 0 Å². The molecule has 28 heavy (non-hydrogen) atoms. The van der Waals surface area contributed by atoms with Crippen LogP contribution in [0.5, 0.6) is 0 Å². The second-order valence-electron chi connectivity index (χ2n) is 6.08. The first-order chi connectivity index (χ1) is 13.2. The van der Waals surface area contributed by atoms with Crippen LogP contribution in [0.15, 0.2) is 53.0 Å². The first-order valence-electron chi connectivity index (χ1n) is 8.03. The predicted octanol–water partition coefficient (Wildman–Crippen LogP) is 4.50. The van der Waals surface area contributed by atoms with Gasteiger partial charge in [0.15, 0.2) is 0 Å². The Morgan fingerprint density at radius 2 is 1.57 bits per heavy atom. The SMILES string of the molecule is COC(=O)C1(C(=O)OC)C=C(c2ccccc2C(F)(F)F)c2cc(Br)ccc21.